The fraction of sp³-hybridized carbons (Fsp3) is 0.625. The zero-order valence-corrected chi connectivity index (χ0v) is 12.0. The third-order valence-corrected chi connectivity index (χ3v) is 4.19. The fourth-order valence-corrected chi connectivity index (χ4v) is 3.00. The van der Waals surface area contributed by atoms with Gasteiger partial charge in [-0.15, -0.1) is 0 Å². The number of hydrogen-bond acceptors (Lipinski definition) is 2. The van der Waals surface area contributed by atoms with E-state index in [0.29, 0.717) is 11.5 Å². The van der Waals surface area contributed by atoms with Gasteiger partial charge in [-0.05, 0) is 18.4 Å². The molecule has 0 aliphatic heterocycles. The second-order valence-corrected chi connectivity index (χ2v) is 5.70. The Kier molecular flexibility index (Phi) is 3.96. The molecule has 2 heteroatoms. The van der Waals surface area contributed by atoms with Gasteiger partial charge in [-0.3, -0.25) is 0 Å². The molecule has 0 heterocycles. The van der Waals surface area contributed by atoms with Gasteiger partial charge in [0, 0.05) is 23.6 Å². The Morgan fingerprint density at radius 2 is 2.11 bits per heavy atom. The number of para-hydroxylation sites is 1. The first-order chi connectivity index (χ1) is 8.64. The van der Waals surface area contributed by atoms with Crippen LogP contribution in [-0.2, 0) is 5.41 Å². The van der Waals surface area contributed by atoms with Crippen LogP contribution < -0.4 is 10.1 Å². The highest BCUT2D eigenvalue weighted by atomic mass is 16.5. The fourth-order valence-electron chi connectivity index (χ4n) is 3.00. The molecule has 0 amide bonds. The molecule has 1 saturated carbocycles. The number of hydrogen-bond donors (Lipinski definition) is 1. The molecule has 100 valence electrons. The van der Waals surface area contributed by atoms with E-state index >= 15 is 0 Å². The van der Waals surface area contributed by atoms with Gasteiger partial charge in [0.25, 0.3) is 0 Å². The molecular formula is C16H25NO. The maximum absolute atomic E-state index is 5.54. The lowest BCUT2D eigenvalue weighted by molar-refractivity contribution is 0.395. The summed E-state index contributed by atoms with van der Waals surface area (Å²) in [7, 11) is 1.77. The SMILES string of the molecule is CCC1CC1(CNC(C)C)c1ccccc1OC. The lowest BCUT2D eigenvalue weighted by Crippen LogP contribution is -2.33. The summed E-state index contributed by atoms with van der Waals surface area (Å²) >= 11 is 0. The summed E-state index contributed by atoms with van der Waals surface area (Å²) < 4.78 is 5.54. The Bertz CT molecular complexity index is 402. The summed E-state index contributed by atoms with van der Waals surface area (Å²) in [4.78, 5) is 0. The lowest BCUT2D eigenvalue weighted by Gasteiger charge is -2.22. The van der Waals surface area contributed by atoms with E-state index in [2.05, 4.69) is 50.4 Å². The van der Waals surface area contributed by atoms with E-state index in [1.807, 2.05) is 0 Å². The van der Waals surface area contributed by atoms with Crippen molar-refractivity contribution >= 4 is 0 Å². The van der Waals surface area contributed by atoms with Crippen LogP contribution in [0.15, 0.2) is 24.3 Å². The third-order valence-electron chi connectivity index (χ3n) is 4.19. The van der Waals surface area contributed by atoms with Gasteiger partial charge in [0.1, 0.15) is 5.75 Å². The van der Waals surface area contributed by atoms with Crippen LogP contribution in [0.4, 0.5) is 0 Å². The van der Waals surface area contributed by atoms with Crippen LogP contribution in [0.3, 0.4) is 0 Å². The quantitative estimate of drug-likeness (QED) is 0.832. The van der Waals surface area contributed by atoms with Crippen molar-refractivity contribution in [3.05, 3.63) is 29.8 Å². The molecular weight excluding hydrogens is 222 g/mol. The first-order valence-corrected chi connectivity index (χ1v) is 7.01. The van der Waals surface area contributed by atoms with Gasteiger partial charge >= 0.3 is 0 Å². The average Bonchev–Trinajstić information content (AvgIpc) is 3.11. The predicted octanol–water partition coefficient (Wildman–Crippen LogP) is 3.36. The Hall–Kier alpha value is -1.02. The van der Waals surface area contributed by atoms with E-state index < -0.39 is 0 Å². The largest absolute Gasteiger partial charge is 0.496 e. The first kappa shape index (κ1) is 13.4. The molecule has 2 nitrogen and oxygen atoms in total. The first-order valence-electron chi connectivity index (χ1n) is 7.01. The van der Waals surface area contributed by atoms with Crippen LogP contribution in [-0.4, -0.2) is 19.7 Å². The number of rotatable bonds is 6. The number of nitrogens with one attached hydrogen (secondary N) is 1. The van der Waals surface area contributed by atoms with Gasteiger partial charge < -0.3 is 10.1 Å². The summed E-state index contributed by atoms with van der Waals surface area (Å²) in [6.07, 6.45) is 2.53. The smallest absolute Gasteiger partial charge is 0.122 e. The highest BCUT2D eigenvalue weighted by Crippen LogP contribution is 2.57. The maximum atomic E-state index is 5.54. The molecule has 18 heavy (non-hydrogen) atoms. The highest BCUT2D eigenvalue weighted by Gasteiger charge is 2.54. The zero-order chi connectivity index (χ0) is 13.2. The summed E-state index contributed by atoms with van der Waals surface area (Å²) in [6.45, 7) is 7.76. The Balaban J connectivity index is 2.25. The van der Waals surface area contributed by atoms with Crippen LogP contribution in [0.5, 0.6) is 5.75 Å². The molecule has 1 fully saturated rings. The van der Waals surface area contributed by atoms with Crippen molar-refractivity contribution in [2.75, 3.05) is 13.7 Å². The minimum atomic E-state index is 0.297. The minimum absolute atomic E-state index is 0.297. The van der Waals surface area contributed by atoms with Crippen LogP contribution in [0, 0.1) is 5.92 Å². The molecule has 2 atom stereocenters. The van der Waals surface area contributed by atoms with E-state index in [9.17, 15) is 0 Å². The molecule has 0 aromatic heterocycles. The predicted molar refractivity (Wildman–Crippen MR) is 76.2 cm³/mol. The van der Waals surface area contributed by atoms with Gasteiger partial charge in [0.05, 0.1) is 7.11 Å². The molecule has 2 rings (SSSR count). The number of methoxy groups -OCH3 is 1. The average molecular weight is 247 g/mol. The van der Waals surface area contributed by atoms with Gasteiger partial charge in [-0.1, -0.05) is 45.4 Å². The summed E-state index contributed by atoms with van der Waals surface area (Å²) in [5, 5.41) is 3.61. The van der Waals surface area contributed by atoms with Gasteiger partial charge in [-0.25, -0.2) is 0 Å². The third kappa shape index (κ3) is 2.39. The molecule has 2 unspecified atom stereocenters. The molecule has 1 aliphatic carbocycles. The van der Waals surface area contributed by atoms with E-state index in [0.717, 1.165) is 18.2 Å². The topological polar surface area (TPSA) is 21.3 Å². The number of benzene rings is 1. The Labute approximate surface area is 111 Å². The van der Waals surface area contributed by atoms with Crippen molar-refractivity contribution in [2.24, 2.45) is 5.92 Å². The van der Waals surface area contributed by atoms with E-state index in [4.69, 9.17) is 4.74 Å². The highest BCUT2D eigenvalue weighted by molar-refractivity contribution is 5.45. The molecule has 0 saturated heterocycles. The van der Waals surface area contributed by atoms with Crippen LogP contribution in [0.2, 0.25) is 0 Å². The molecule has 1 aromatic rings. The summed E-state index contributed by atoms with van der Waals surface area (Å²) in [6, 6.07) is 9.03. The summed E-state index contributed by atoms with van der Waals surface area (Å²) in [5.74, 6) is 1.83. The van der Waals surface area contributed by atoms with Gasteiger partial charge in [-0.2, -0.15) is 0 Å². The van der Waals surface area contributed by atoms with Gasteiger partial charge in [0.2, 0.25) is 0 Å². The van der Waals surface area contributed by atoms with Crippen molar-refractivity contribution in [1.82, 2.24) is 5.32 Å². The Morgan fingerprint density at radius 1 is 1.39 bits per heavy atom. The maximum Gasteiger partial charge on any atom is 0.122 e. The molecule has 0 spiro atoms. The normalized spacial score (nSPS) is 26.4. The second kappa shape index (κ2) is 5.31. The number of ether oxygens (including phenoxy) is 1. The standard InChI is InChI=1S/C16H25NO/c1-5-13-10-16(13,11-17-12(2)3)14-8-6-7-9-15(14)18-4/h6-9,12-13,17H,5,10-11H2,1-4H3. The van der Waals surface area contributed by atoms with Crippen LogP contribution in [0.1, 0.15) is 39.2 Å². The monoisotopic (exact) mass is 247 g/mol. The van der Waals surface area contributed by atoms with Gasteiger partial charge in [0.15, 0.2) is 0 Å². The van der Waals surface area contributed by atoms with E-state index in [1.54, 1.807) is 7.11 Å². The van der Waals surface area contributed by atoms with Crippen molar-refractivity contribution in [1.29, 1.82) is 0 Å². The van der Waals surface area contributed by atoms with Crippen molar-refractivity contribution < 1.29 is 4.74 Å². The van der Waals surface area contributed by atoms with E-state index in [1.165, 1.54) is 18.4 Å². The minimum Gasteiger partial charge on any atom is -0.496 e. The van der Waals surface area contributed by atoms with Crippen LogP contribution in [0.25, 0.3) is 0 Å². The van der Waals surface area contributed by atoms with E-state index in [-0.39, 0.29) is 0 Å². The lowest BCUT2D eigenvalue weighted by atomic mass is 9.91. The zero-order valence-electron chi connectivity index (χ0n) is 12.0. The molecule has 0 radical (unpaired) electrons. The van der Waals surface area contributed by atoms with Crippen molar-refractivity contribution in [2.45, 2.75) is 45.1 Å². The second-order valence-electron chi connectivity index (χ2n) is 5.70. The van der Waals surface area contributed by atoms with Crippen LogP contribution >= 0.6 is 0 Å². The molecule has 1 N–H and O–H groups in total. The van der Waals surface area contributed by atoms with Crippen molar-refractivity contribution in [3.8, 4) is 5.75 Å². The molecule has 1 aliphatic rings. The Morgan fingerprint density at radius 3 is 2.67 bits per heavy atom. The molecule has 1 aromatic carbocycles. The molecule has 0 bridgehead atoms. The summed E-state index contributed by atoms with van der Waals surface area (Å²) in [5.41, 5.74) is 1.68. The van der Waals surface area contributed by atoms with Crippen molar-refractivity contribution in [3.63, 3.8) is 0 Å².